The number of benzene rings is 2. The second-order valence-electron chi connectivity index (χ2n) is 4.51. The maximum atomic E-state index is 12.9. The largest absolute Gasteiger partial charge is 0.482 e. The second kappa shape index (κ2) is 5.13. The summed E-state index contributed by atoms with van der Waals surface area (Å²) in [5.41, 5.74) is 1.48. The van der Waals surface area contributed by atoms with Crippen molar-refractivity contribution in [2.75, 3.05) is 11.5 Å². The molecule has 1 heterocycles. The van der Waals surface area contributed by atoms with Gasteiger partial charge >= 0.3 is 0 Å². The normalized spacial score (nSPS) is 13.9. The first-order valence-electron chi connectivity index (χ1n) is 6.10. The third kappa shape index (κ3) is 2.47. The van der Waals surface area contributed by atoms with Gasteiger partial charge in [0.25, 0.3) is 5.91 Å². The molecule has 0 bridgehead atoms. The van der Waals surface area contributed by atoms with Gasteiger partial charge in [0.2, 0.25) is 0 Å². The molecule has 5 heteroatoms. The molecule has 3 nitrogen and oxygen atoms in total. The van der Waals surface area contributed by atoms with E-state index in [1.807, 2.05) is 0 Å². The van der Waals surface area contributed by atoms with Gasteiger partial charge in [0.1, 0.15) is 11.6 Å². The predicted molar refractivity (Wildman–Crippen MR) is 74.5 cm³/mol. The summed E-state index contributed by atoms with van der Waals surface area (Å²) in [5, 5.41) is 0.533. The molecule has 0 unspecified atom stereocenters. The van der Waals surface area contributed by atoms with Crippen LogP contribution in [0.5, 0.6) is 5.75 Å². The van der Waals surface area contributed by atoms with Crippen LogP contribution in [0.1, 0.15) is 5.56 Å². The van der Waals surface area contributed by atoms with Crippen molar-refractivity contribution in [3.8, 4) is 5.75 Å². The summed E-state index contributed by atoms with van der Waals surface area (Å²) in [6.07, 6.45) is 0. The van der Waals surface area contributed by atoms with Crippen LogP contribution in [-0.4, -0.2) is 12.5 Å². The zero-order valence-corrected chi connectivity index (χ0v) is 11.2. The average Bonchev–Trinajstić information content (AvgIpc) is 2.44. The van der Waals surface area contributed by atoms with Crippen LogP contribution in [0.15, 0.2) is 42.5 Å². The Morgan fingerprint density at radius 1 is 1.20 bits per heavy atom. The lowest BCUT2D eigenvalue weighted by Crippen LogP contribution is -2.38. The number of nitrogens with zero attached hydrogens (tertiary/aromatic N) is 1. The smallest absolute Gasteiger partial charge is 0.265 e. The molecule has 2 aromatic rings. The quantitative estimate of drug-likeness (QED) is 0.849. The summed E-state index contributed by atoms with van der Waals surface area (Å²) in [4.78, 5) is 13.6. The molecule has 0 fully saturated rings. The number of amides is 1. The van der Waals surface area contributed by atoms with E-state index in [1.54, 1.807) is 35.2 Å². The maximum absolute atomic E-state index is 12.9. The zero-order chi connectivity index (χ0) is 14.1. The number of rotatable bonds is 2. The standard InChI is InChI=1S/C15H11ClFNO2/c16-11-3-6-14-13(7-11)18(15(19)9-20-14)8-10-1-4-12(17)5-2-10/h1-7H,8-9H2. The fourth-order valence-corrected chi connectivity index (χ4v) is 2.29. The monoisotopic (exact) mass is 291 g/mol. The minimum Gasteiger partial charge on any atom is -0.482 e. The fraction of sp³-hybridized carbons (Fsp3) is 0.133. The number of hydrogen-bond donors (Lipinski definition) is 0. The lowest BCUT2D eigenvalue weighted by atomic mass is 10.1. The van der Waals surface area contributed by atoms with Crippen LogP contribution in [0.25, 0.3) is 0 Å². The highest BCUT2D eigenvalue weighted by atomic mass is 35.5. The first kappa shape index (κ1) is 12.9. The van der Waals surface area contributed by atoms with Gasteiger partial charge in [-0.1, -0.05) is 23.7 Å². The summed E-state index contributed by atoms with van der Waals surface area (Å²) in [5.74, 6) is 0.172. The maximum Gasteiger partial charge on any atom is 0.265 e. The summed E-state index contributed by atoms with van der Waals surface area (Å²) < 4.78 is 18.3. The highest BCUT2D eigenvalue weighted by molar-refractivity contribution is 6.31. The fourth-order valence-electron chi connectivity index (χ4n) is 2.12. The van der Waals surface area contributed by atoms with Crippen LogP contribution in [0.2, 0.25) is 5.02 Å². The van der Waals surface area contributed by atoms with Crippen LogP contribution in [0.4, 0.5) is 10.1 Å². The van der Waals surface area contributed by atoms with Crippen molar-refractivity contribution in [1.29, 1.82) is 0 Å². The lowest BCUT2D eigenvalue weighted by Gasteiger charge is -2.29. The van der Waals surface area contributed by atoms with Gasteiger partial charge in [-0.25, -0.2) is 4.39 Å². The molecule has 102 valence electrons. The Hall–Kier alpha value is -2.07. The van der Waals surface area contributed by atoms with E-state index in [0.717, 1.165) is 5.56 Å². The van der Waals surface area contributed by atoms with Crippen molar-refractivity contribution >= 4 is 23.2 Å². The highest BCUT2D eigenvalue weighted by Gasteiger charge is 2.25. The van der Waals surface area contributed by atoms with E-state index in [2.05, 4.69) is 0 Å². The molecule has 0 radical (unpaired) electrons. The Kier molecular flexibility index (Phi) is 3.32. The van der Waals surface area contributed by atoms with E-state index in [0.29, 0.717) is 23.0 Å². The summed E-state index contributed by atoms with van der Waals surface area (Å²) in [6.45, 7) is 0.353. The molecule has 20 heavy (non-hydrogen) atoms. The summed E-state index contributed by atoms with van der Waals surface area (Å²) >= 11 is 5.97. The van der Waals surface area contributed by atoms with E-state index >= 15 is 0 Å². The molecular formula is C15H11ClFNO2. The molecule has 3 rings (SSSR count). The number of ether oxygens (including phenoxy) is 1. The molecule has 1 amide bonds. The minimum atomic E-state index is -0.300. The molecule has 1 aliphatic heterocycles. The lowest BCUT2D eigenvalue weighted by molar-refractivity contribution is -0.121. The Morgan fingerprint density at radius 2 is 1.95 bits per heavy atom. The van der Waals surface area contributed by atoms with Gasteiger partial charge in [0.05, 0.1) is 12.2 Å². The first-order valence-corrected chi connectivity index (χ1v) is 6.48. The number of carbonyl (C=O) groups excluding carboxylic acids is 1. The third-order valence-corrected chi connectivity index (χ3v) is 3.35. The number of halogens is 2. The van der Waals surface area contributed by atoms with Crippen molar-refractivity contribution in [2.45, 2.75) is 6.54 Å². The van der Waals surface area contributed by atoms with Gasteiger partial charge in [0.15, 0.2) is 6.61 Å². The van der Waals surface area contributed by atoms with Crippen LogP contribution in [0, 0.1) is 5.82 Å². The van der Waals surface area contributed by atoms with Gasteiger partial charge in [-0.3, -0.25) is 4.79 Å². The minimum absolute atomic E-state index is 0.00414. The summed E-state index contributed by atoms with van der Waals surface area (Å²) in [6, 6.07) is 11.2. The molecule has 0 saturated carbocycles. The Balaban J connectivity index is 1.94. The molecule has 0 aliphatic carbocycles. The van der Waals surface area contributed by atoms with E-state index in [9.17, 15) is 9.18 Å². The second-order valence-corrected chi connectivity index (χ2v) is 4.94. The van der Waals surface area contributed by atoms with Crippen molar-refractivity contribution in [3.63, 3.8) is 0 Å². The van der Waals surface area contributed by atoms with Gasteiger partial charge in [-0.2, -0.15) is 0 Å². The van der Waals surface area contributed by atoms with E-state index in [1.165, 1.54) is 12.1 Å². The average molecular weight is 292 g/mol. The Labute approximate surface area is 120 Å². The molecule has 0 atom stereocenters. The van der Waals surface area contributed by atoms with Crippen molar-refractivity contribution in [2.24, 2.45) is 0 Å². The Morgan fingerprint density at radius 3 is 2.70 bits per heavy atom. The van der Waals surface area contributed by atoms with Gasteiger partial charge in [-0.15, -0.1) is 0 Å². The topological polar surface area (TPSA) is 29.5 Å². The number of carbonyl (C=O) groups is 1. The van der Waals surface area contributed by atoms with Crippen LogP contribution in [-0.2, 0) is 11.3 Å². The number of fused-ring (bicyclic) bond motifs is 1. The van der Waals surface area contributed by atoms with Crippen LogP contribution in [0.3, 0.4) is 0 Å². The van der Waals surface area contributed by atoms with Crippen molar-refractivity contribution in [1.82, 2.24) is 0 Å². The third-order valence-electron chi connectivity index (χ3n) is 3.12. The molecule has 0 saturated heterocycles. The Bertz CT molecular complexity index is 657. The highest BCUT2D eigenvalue weighted by Crippen LogP contribution is 2.35. The van der Waals surface area contributed by atoms with Crippen LogP contribution >= 0.6 is 11.6 Å². The molecule has 0 N–H and O–H groups in total. The van der Waals surface area contributed by atoms with Crippen molar-refractivity contribution < 1.29 is 13.9 Å². The van der Waals surface area contributed by atoms with E-state index < -0.39 is 0 Å². The summed E-state index contributed by atoms with van der Waals surface area (Å²) in [7, 11) is 0. The molecule has 2 aromatic carbocycles. The molecule has 1 aliphatic rings. The van der Waals surface area contributed by atoms with Gasteiger partial charge in [-0.05, 0) is 35.9 Å². The van der Waals surface area contributed by atoms with E-state index in [-0.39, 0.29) is 18.3 Å². The number of anilines is 1. The molecule has 0 spiro atoms. The van der Waals surface area contributed by atoms with E-state index in [4.69, 9.17) is 16.3 Å². The first-order chi connectivity index (χ1) is 9.63. The van der Waals surface area contributed by atoms with Gasteiger partial charge < -0.3 is 9.64 Å². The SMILES string of the molecule is O=C1COc2ccc(Cl)cc2N1Cc1ccc(F)cc1. The van der Waals surface area contributed by atoms with Gasteiger partial charge in [0, 0.05) is 5.02 Å². The molecular weight excluding hydrogens is 281 g/mol. The zero-order valence-electron chi connectivity index (χ0n) is 10.5. The number of hydrogen-bond acceptors (Lipinski definition) is 2. The molecule has 0 aromatic heterocycles. The van der Waals surface area contributed by atoms with Crippen LogP contribution < -0.4 is 9.64 Å². The van der Waals surface area contributed by atoms with Crippen molar-refractivity contribution in [3.05, 3.63) is 58.9 Å². The predicted octanol–water partition coefficient (Wildman–Crippen LogP) is 3.40.